The van der Waals surface area contributed by atoms with E-state index in [2.05, 4.69) is 10.1 Å². The Kier molecular flexibility index (Phi) is 10.3. The molecule has 4 heterocycles. The van der Waals surface area contributed by atoms with E-state index in [1.807, 2.05) is 11.5 Å². The summed E-state index contributed by atoms with van der Waals surface area (Å²) in [7, 11) is 0. The molecule has 2 aromatic carbocycles. The molecule has 10 heteroatoms. The van der Waals surface area contributed by atoms with Crippen molar-refractivity contribution in [1.29, 1.82) is 0 Å². The summed E-state index contributed by atoms with van der Waals surface area (Å²) in [5.41, 5.74) is 3.60. The fourth-order valence-electron chi connectivity index (χ4n) is 5.52. The predicted octanol–water partition coefficient (Wildman–Crippen LogP) is 0.645. The predicted molar refractivity (Wildman–Crippen MR) is 143 cm³/mol. The normalized spacial score (nSPS) is 15.6. The van der Waals surface area contributed by atoms with Crippen molar-refractivity contribution in [3.63, 3.8) is 0 Å². The van der Waals surface area contributed by atoms with E-state index in [1.165, 1.54) is 24.3 Å². The summed E-state index contributed by atoms with van der Waals surface area (Å²) in [5, 5.41) is 15.2. The van der Waals surface area contributed by atoms with E-state index in [9.17, 15) is 19.1 Å². The number of piperidine rings is 1. The van der Waals surface area contributed by atoms with Crippen LogP contribution in [0, 0.1) is 12.7 Å². The summed E-state index contributed by atoms with van der Waals surface area (Å²) in [4.78, 5) is 30.1. The van der Waals surface area contributed by atoms with E-state index in [1.54, 1.807) is 24.3 Å². The number of aryl methyl sites for hydroxylation is 2. The third-order valence-corrected chi connectivity index (χ3v) is 7.70. The number of benzene rings is 2. The van der Waals surface area contributed by atoms with E-state index in [0.29, 0.717) is 11.5 Å². The molecule has 1 saturated heterocycles. The summed E-state index contributed by atoms with van der Waals surface area (Å²) in [6.07, 6.45) is 5.81. The average Bonchev–Trinajstić information content (AvgIpc) is 3.37. The Morgan fingerprint density at radius 2 is 1.85 bits per heavy atom. The number of aromatic nitrogens is 3. The molecular weight excluding hydrogens is 522 g/mol. The summed E-state index contributed by atoms with van der Waals surface area (Å²) >= 11 is 0. The number of halogens is 1. The molecule has 0 aliphatic carbocycles. The first-order valence-electron chi connectivity index (χ1n) is 13.5. The van der Waals surface area contributed by atoms with Crippen molar-refractivity contribution >= 4 is 16.9 Å². The van der Waals surface area contributed by atoms with Crippen LogP contribution in [0.3, 0.4) is 0 Å². The maximum absolute atomic E-state index is 13.4. The summed E-state index contributed by atoms with van der Waals surface area (Å²) < 4.78 is 20.6. The van der Waals surface area contributed by atoms with Gasteiger partial charge in [0.05, 0.1) is 11.7 Å². The van der Waals surface area contributed by atoms with E-state index >= 15 is 0 Å². The topological polar surface area (TPSA) is 104 Å². The number of carboxylic acids is 1. The second kappa shape index (κ2) is 13.7. The van der Waals surface area contributed by atoms with Crippen LogP contribution in [0.25, 0.3) is 11.0 Å². The van der Waals surface area contributed by atoms with Gasteiger partial charge < -0.3 is 19.3 Å². The SMILES string of the molecule is Cc1nc2n(c(=O)c1CCN1CCC(c3noc4cc(F)ccc34)CC1)CCCC2.O=C([O-])c1ccccc1.[Na+]. The number of hydrogen-bond acceptors (Lipinski definition) is 7. The van der Waals surface area contributed by atoms with Crippen molar-refractivity contribution in [2.24, 2.45) is 0 Å². The zero-order valence-corrected chi connectivity index (χ0v) is 25.1. The Hall–Kier alpha value is -2.85. The molecule has 0 radical (unpaired) electrons. The summed E-state index contributed by atoms with van der Waals surface area (Å²) in [6.45, 7) is 5.55. The van der Waals surface area contributed by atoms with Gasteiger partial charge in [-0.25, -0.2) is 9.37 Å². The number of rotatable bonds is 5. The minimum Gasteiger partial charge on any atom is -0.545 e. The second-order valence-electron chi connectivity index (χ2n) is 10.2. The van der Waals surface area contributed by atoms with Gasteiger partial charge in [-0.3, -0.25) is 9.36 Å². The van der Waals surface area contributed by atoms with Gasteiger partial charge in [-0.05, 0) is 69.8 Å². The third kappa shape index (κ3) is 6.89. The molecule has 4 aromatic rings. The van der Waals surface area contributed by atoms with Crippen LogP contribution >= 0.6 is 0 Å². The Bertz CT molecular complexity index is 1510. The number of carbonyl (C=O) groups excluding carboxylic acids is 1. The first kappa shape index (κ1) is 30.1. The van der Waals surface area contributed by atoms with Crippen LogP contribution < -0.4 is 40.2 Å². The minimum atomic E-state index is -1.13. The van der Waals surface area contributed by atoms with Gasteiger partial charge in [0.15, 0.2) is 5.58 Å². The van der Waals surface area contributed by atoms with Crippen molar-refractivity contribution < 1.29 is 48.4 Å². The van der Waals surface area contributed by atoms with Crippen LogP contribution in [0.5, 0.6) is 0 Å². The van der Waals surface area contributed by atoms with Gasteiger partial charge in [0.2, 0.25) is 0 Å². The van der Waals surface area contributed by atoms with Crippen molar-refractivity contribution in [3.05, 3.63) is 93.0 Å². The Labute approximate surface area is 254 Å². The molecule has 1 fully saturated rings. The molecule has 204 valence electrons. The maximum Gasteiger partial charge on any atom is 1.00 e. The zero-order chi connectivity index (χ0) is 27.4. The van der Waals surface area contributed by atoms with E-state index in [-0.39, 0.29) is 46.5 Å². The maximum atomic E-state index is 13.4. The Balaban J connectivity index is 0.000000317. The quantitative estimate of drug-likeness (QED) is 0.334. The molecule has 0 unspecified atom stereocenters. The Morgan fingerprint density at radius 1 is 1.10 bits per heavy atom. The molecule has 0 amide bonds. The number of carbonyl (C=O) groups is 1. The van der Waals surface area contributed by atoms with E-state index < -0.39 is 5.97 Å². The van der Waals surface area contributed by atoms with E-state index in [4.69, 9.17) is 9.51 Å². The number of hydrogen-bond donors (Lipinski definition) is 0. The van der Waals surface area contributed by atoms with Gasteiger partial charge in [-0.2, -0.15) is 0 Å². The van der Waals surface area contributed by atoms with Crippen molar-refractivity contribution in [2.75, 3.05) is 19.6 Å². The molecule has 0 spiro atoms. The average molecular weight is 555 g/mol. The molecule has 0 N–H and O–H groups in total. The minimum absolute atomic E-state index is 0. The van der Waals surface area contributed by atoms with E-state index in [0.717, 1.165) is 92.9 Å². The smallest absolute Gasteiger partial charge is 0.545 e. The third-order valence-electron chi connectivity index (χ3n) is 7.70. The molecule has 0 saturated carbocycles. The number of carboxylic acid groups (broad SMARTS) is 1. The molecule has 6 rings (SSSR count). The standard InChI is InChI=1S/C23H27FN4O2.C7H6O2.Na/c1-15-18(23(29)28-10-3-2-4-21(28)25-15)9-13-27-11-7-16(8-12-27)22-19-6-5-17(24)14-20(19)30-26-22;8-7(9)6-4-2-1-3-5-6;/h5-6,14,16H,2-4,7-13H2,1H3;1-5H,(H,8,9);/q;;+1/p-1. The molecular formula is C30H32FN4NaO4. The van der Waals surface area contributed by atoms with Crippen LogP contribution in [-0.2, 0) is 19.4 Å². The van der Waals surface area contributed by atoms with Crippen LogP contribution in [0.4, 0.5) is 4.39 Å². The molecule has 2 aromatic heterocycles. The number of aromatic carboxylic acids is 1. The number of fused-ring (bicyclic) bond motifs is 2. The summed E-state index contributed by atoms with van der Waals surface area (Å²) in [6, 6.07) is 12.7. The molecule has 0 atom stereocenters. The van der Waals surface area contributed by atoms with Gasteiger partial charge in [-0.15, -0.1) is 0 Å². The molecule has 8 nitrogen and oxygen atoms in total. The van der Waals surface area contributed by atoms with Crippen molar-refractivity contribution in [3.8, 4) is 0 Å². The fraction of sp³-hybridized carbons (Fsp3) is 0.400. The second-order valence-corrected chi connectivity index (χ2v) is 10.2. The molecule has 2 aliphatic rings. The molecule has 40 heavy (non-hydrogen) atoms. The molecule has 0 bridgehead atoms. The van der Waals surface area contributed by atoms with Crippen LogP contribution in [0.1, 0.15) is 64.7 Å². The summed E-state index contributed by atoms with van der Waals surface area (Å²) in [5.74, 6) is -0.155. The first-order chi connectivity index (χ1) is 18.9. The largest absolute Gasteiger partial charge is 1.00 e. The van der Waals surface area contributed by atoms with Crippen LogP contribution in [0.15, 0.2) is 57.8 Å². The monoisotopic (exact) mass is 554 g/mol. The van der Waals surface area contributed by atoms with Crippen molar-refractivity contribution in [2.45, 2.75) is 57.9 Å². The van der Waals surface area contributed by atoms with Gasteiger partial charge in [0, 0.05) is 48.1 Å². The fourth-order valence-corrected chi connectivity index (χ4v) is 5.52. The van der Waals surface area contributed by atoms with Crippen LogP contribution in [-0.4, -0.2) is 45.2 Å². The van der Waals surface area contributed by atoms with Gasteiger partial charge in [-0.1, -0.05) is 35.5 Å². The number of likely N-dealkylation sites (tertiary alicyclic amines) is 1. The Morgan fingerprint density at radius 3 is 2.55 bits per heavy atom. The van der Waals surface area contributed by atoms with Gasteiger partial charge >= 0.3 is 29.6 Å². The van der Waals surface area contributed by atoms with Gasteiger partial charge in [0.1, 0.15) is 11.6 Å². The van der Waals surface area contributed by atoms with Crippen molar-refractivity contribution in [1.82, 2.24) is 19.6 Å². The van der Waals surface area contributed by atoms with Crippen LogP contribution in [0.2, 0.25) is 0 Å². The zero-order valence-electron chi connectivity index (χ0n) is 23.1. The van der Waals surface area contributed by atoms with Gasteiger partial charge in [0.25, 0.3) is 5.56 Å². The first-order valence-corrected chi connectivity index (χ1v) is 13.5. The number of nitrogens with zero attached hydrogens (tertiary/aromatic N) is 4. The molecule has 2 aliphatic heterocycles.